The lowest BCUT2D eigenvalue weighted by atomic mass is 10.0. The summed E-state index contributed by atoms with van der Waals surface area (Å²) in [6, 6.07) is 10.3. The summed E-state index contributed by atoms with van der Waals surface area (Å²) in [7, 11) is 1.96. The molecule has 0 aliphatic carbocycles. The van der Waals surface area contributed by atoms with Crippen molar-refractivity contribution >= 4 is 5.65 Å². The third kappa shape index (κ3) is 2.52. The summed E-state index contributed by atoms with van der Waals surface area (Å²) in [5.74, 6) is 1.77. The number of aryl methyl sites for hydroxylation is 2. The Hall–Kier alpha value is -2.27. The van der Waals surface area contributed by atoms with E-state index in [0.29, 0.717) is 0 Å². The molecule has 3 rings (SSSR count). The second-order valence-electron chi connectivity index (χ2n) is 5.17. The molecule has 0 radical (unpaired) electrons. The quantitative estimate of drug-likeness (QED) is 0.796. The zero-order chi connectivity index (χ0) is 14.8. The Kier molecular flexibility index (Phi) is 3.66. The van der Waals surface area contributed by atoms with Gasteiger partial charge in [0.2, 0.25) is 0 Å². The molecule has 0 aliphatic rings. The first kappa shape index (κ1) is 13.7. The van der Waals surface area contributed by atoms with Crippen LogP contribution in [0, 0.1) is 13.8 Å². The van der Waals surface area contributed by atoms with E-state index < -0.39 is 0 Å². The first-order chi connectivity index (χ1) is 10.2. The zero-order valence-corrected chi connectivity index (χ0v) is 12.6. The highest BCUT2D eigenvalue weighted by Crippen LogP contribution is 2.24. The van der Waals surface area contributed by atoms with Gasteiger partial charge >= 0.3 is 0 Å². The van der Waals surface area contributed by atoms with Gasteiger partial charge in [0, 0.05) is 17.3 Å². The summed E-state index contributed by atoms with van der Waals surface area (Å²) in [4.78, 5) is 4.52. The number of hydrogen-bond donors (Lipinski definition) is 1. The van der Waals surface area contributed by atoms with Crippen LogP contribution in [0.25, 0.3) is 17.0 Å². The van der Waals surface area contributed by atoms with Crippen LogP contribution in [0.4, 0.5) is 0 Å². The lowest BCUT2D eigenvalue weighted by molar-refractivity contribution is 0.791. The van der Waals surface area contributed by atoms with Crippen molar-refractivity contribution < 1.29 is 0 Å². The van der Waals surface area contributed by atoms with E-state index in [1.54, 1.807) is 0 Å². The summed E-state index contributed by atoms with van der Waals surface area (Å²) < 4.78 is 2.02. The minimum atomic E-state index is 0.846. The molecule has 0 fully saturated rings. The first-order valence-corrected chi connectivity index (χ1v) is 7.13. The van der Waals surface area contributed by atoms with Gasteiger partial charge in [-0.15, -0.1) is 10.2 Å². The Labute approximate surface area is 124 Å². The van der Waals surface area contributed by atoms with Gasteiger partial charge in [0.15, 0.2) is 11.5 Å². The van der Waals surface area contributed by atoms with E-state index in [2.05, 4.69) is 38.7 Å². The predicted octanol–water partition coefficient (Wildman–Crippen LogP) is 2.17. The molecule has 5 nitrogen and oxygen atoms in total. The molecule has 0 unspecified atom stereocenters. The van der Waals surface area contributed by atoms with Crippen molar-refractivity contribution in [1.82, 2.24) is 24.9 Å². The Balaban J connectivity index is 2.17. The molecular formula is C16H19N5. The SMILES string of the molecule is CNCCc1ccccc1-c1nnc2cc(C)nc(C)n12. The van der Waals surface area contributed by atoms with Gasteiger partial charge in [-0.1, -0.05) is 24.3 Å². The number of nitrogens with one attached hydrogen (secondary N) is 1. The molecule has 0 saturated heterocycles. The van der Waals surface area contributed by atoms with Crippen LogP contribution in [0.2, 0.25) is 0 Å². The molecule has 2 heterocycles. The number of fused-ring (bicyclic) bond motifs is 1. The summed E-state index contributed by atoms with van der Waals surface area (Å²) in [5.41, 5.74) is 4.19. The Morgan fingerprint density at radius 1 is 1.14 bits per heavy atom. The molecule has 5 heteroatoms. The molecule has 1 aromatic carbocycles. The fourth-order valence-corrected chi connectivity index (χ4v) is 2.62. The van der Waals surface area contributed by atoms with Gasteiger partial charge < -0.3 is 5.32 Å². The van der Waals surface area contributed by atoms with Gasteiger partial charge in [-0.25, -0.2) is 4.98 Å². The summed E-state index contributed by atoms with van der Waals surface area (Å²) in [6.07, 6.45) is 0.958. The predicted molar refractivity (Wildman–Crippen MR) is 83.3 cm³/mol. The van der Waals surface area contributed by atoms with Crippen molar-refractivity contribution in [3.05, 3.63) is 47.4 Å². The van der Waals surface area contributed by atoms with Crippen molar-refractivity contribution in [3.8, 4) is 11.4 Å². The standard InChI is InChI=1S/C16H19N5/c1-11-10-15-19-20-16(21(15)12(2)18-11)14-7-5-4-6-13(14)8-9-17-3/h4-7,10,17H,8-9H2,1-3H3. The van der Waals surface area contributed by atoms with Crippen LogP contribution < -0.4 is 5.32 Å². The lowest BCUT2D eigenvalue weighted by Gasteiger charge is -2.09. The van der Waals surface area contributed by atoms with Gasteiger partial charge in [0.05, 0.1) is 0 Å². The Morgan fingerprint density at radius 3 is 2.76 bits per heavy atom. The molecule has 3 aromatic rings. The van der Waals surface area contributed by atoms with Crippen LogP contribution in [-0.2, 0) is 6.42 Å². The van der Waals surface area contributed by atoms with Crippen molar-refractivity contribution in [2.75, 3.05) is 13.6 Å². The number of benzene rings is 1. The molecule has 1 N–H and O–H groups in total. The van der Waals surface area contributed by atoms with Crippen LogP contribution in [0.15, 0.2) is 30.3 Å². The monoisotopic (exact) mass is 281 g/mol. The second kappa shape index (κ2) is 5.61. The van der Waals surface area contributed by atoms with Crippen molar-refractivity contribution in [1.29, 1.82) is 0 Å². The number of rotatable bonds is 4. The fraction of sp³-hybridized carbons (Fsp3) is 0.312. The molecule has 0 atom stereocenters. The van der Waals surface area contributed by atoms with Crippen LogP contribution in [0.5, 0.6) is 0 Å². The van der Waals surface area contributed by atoms with E-state index in [9.17, 15) is 0 Å². The number of aromatic nitrogens is 4. The third-order valence-electron chi connectivity index (χ3n) is 3.59. The zero-order valence-electron chi connectivity index (χ0n) is 12.6. The normalized spacial score (nSPS) is 11.2. The topological polar surface area (TPSA) is 55.1 Å². The van der Waals surface area contributed by atoms with Gasteiger partial charge in [0.25, 0.3) is 0 Å². The molecule has 0 spiro atoms. The minimum Gasteiger partial charge on any atom is -0.319 e. The highest BCUT2D eigenvalue weighted by Gasteiger charge is 2.14. The molecule has 0 aliphatic heterocycles. The molecule has 0 saturated carbocycles. The Morgan fingerprint density at radius 2 is 1.95 bits per heavy atom. The number of likely N-dealkylation sites (N-methyl/N-ethyl adjacent to an activating group) is 1. The van der Waals surface area contributed by atoms with Crippen molar-refractivity contribution in [3.63, 3.8) is 0 Å². The third-order valence-corrected chi connectivity index (χ3v) is 3.59. The van der Waals surface area contributed by atoms with Crippen LogP contribution in [0.3, 0.4) is 0 Å². The average molecular weight is 281 g/mol. The van der Waals surface area contributed by atoms with E-state index >= 15 is 0 Å². The Bertz CT molecular complexity index is 775. The summed E-state index contributed by atoms with van der Waals surface area (Å²) in [5, 5.41) is 11.9. The van der Waals surface area contributed by atoms with Crippen LogP contribution in [-0.4, -0.2) is 33.2 Å². The summed E-state index contributed by atoms with van der Waals surface area (Å²) >= 11 is 0. The van der Waals surface area contributed by atoms with Gasteiger partial charge in [-0.2, -0.15) is 0 Å². The van der Waals surface area contributed by atoms with E-state index in [-0.39, 0.29) is 0 Å². The molecule has 21 heavy (non-hydrogen) atoms. The van der Waals surface area contributed by atoms with Crippen LogP contribution >= 0.6 is 0 Å². The lowest BCUT2D eigenvalue weighted by Crippen LogP contribution is -2.11. The molecule has 2 aromatic heterocycles. The van der Waals surface area contributed by atoms with E-state index in [0.717, 1.165) is 41.5 Å². The van der Waals surface area contributed by atoms with Gasteiger partial charge in [-0.05, 0) is 39.4 Å². The molecule has 108 valence electrons. The first-order valence-electron chi connectivity index (χ1n) is 7.13. The van der Waals surface area contributed by atoms with Gasteiger partial charge in [0.1, 0.15) is 5.82 Å². The van der Waals surface area contributed by atoms with E-state index in [4.69, 9.17) is 0 Å². The number of nitrogens with zero attached hydrogens (tertiary/aromatic N) is 4. The second-order valence-corrected chi connectivity index (χ2v) is 5.17. The maximum absolute atomic E-state index is 4.52. The maximum atomic E-state index is 4.52. The smallest absolute Gasteiger partial charge is 0.170 e. The average Bonchev–Trinajstić information content (AvgIpc) is 2.89. The van der Waals surface area contributed by atoms with E-state index in [1.807, 2.05) is 37.4 Å². The largest absolute Gasteiger partial charge is 0.319 e. The summed E-state index contributed by atoms with van der Waals surface area (Å²) in [6.45, 7) is 4.90. The van der Waals surface area contributed by atoms with Crippen LogP contribution in [0.1, 0.15) is 17.1 Å². The maximum Gasteiger partial charge on any atom is 0.170 e. The fourth-order valence-electron chi connectivity index (χ4n) is 2.62. The molecule has 0 bridgehead atoms. The van der Waals surface area contributed by atoms with Crippen molar-refractivity contribution in [2.45, 2.75) is 20.3 Å². The minimum absolute atomic E-state index is 0.846. The van der Waals surface area contributed by atoms with Crippen molar-refractivity contribution in [2.24, 2.45) is 0 Å². The highest BCUT2D eigenvalue weighted by atomic mass is 15.3. The number of hydrogen-bond acceptors (Lipinski definition) is 4. The molecular weight excluding hydrogens is 262 g/mol. The van der Waals surface area contributed by atoms with Gasteiger partial charge in [-0.3, -0.25) is 4.40 Å². The highest BCUT2D eigenvalue weighted by molar-refractivity contribution is 5.64. The van der Waals surface area contributed by atoms with E-state index in [1.165, 1.54) is 5.56 Å². The molecule has 0 amide bonds.